The Kier molecular flexibility index (Phi) is 6.83. The molecule has 0 saturated heterocycles. The highest BCUT2D eigenvalue weighted by molar-refractivity contribution is 7.22. The zero-order valence-corrected chi connectivity index (χ0v) is 19.7. The number of aryl methyl sites for hydroxylation is 1. The summed E-state index contributed by atoms with van der Waals surface area (Å²) < 4.78 is 13.7. The van der Waals surface area contributed by atoms with Gasteiger partial charge in [-0.15, -0.1) is 0 Å². The Morgan fingerprint density at radius 1 is 1.16 bits per heavy atom. The molecule has 0 radical (unpaired) electrons. The molecule has 0 N–H and O–H groups in total. The van der Waals surface area contributed by atoms with E-state index in [1.165, 1.54) is 11.3 Å². The minimum absolute atomic E-state index is 0.255. The third kappa shape index (κ3) is 4.53. The summed E-state index contributed by atoms with van der Waals surface area (Å²) in [5.74, 6) is 1.02. The number of benzene rings is 2. The first kappa shape index (κ1) is 22.4. The molecular weight excluding hydrogens is 471 g/mol. The highest BCUT2D eigenvalue weighted by Gasteiger charge is 2.25. The van der Waals surface area contributed by atoms with Crippen molar-refractivity contribution in [2.24, 2.45) is 0 Å². The van der Waals surface area contributed by atoms with Gasteiger partial charge in [-0.05, 0) is 36.8 Å². The summed E-state index contributed by atoms with van der Waals surface area (Å²) in [7, 11) is 3.18. The number of amides is 1. The van der Waals surface area contributed by atoms with Crippen molar-refractivity contribution < 1.29 is 14.3 Å². The molecule has 0 spiro atoms. The van der Waals surface area contributed by atoms with Gasteiger partial charge in [0, 0.05) is 30.5 Å². The molecule has 2 aromatic heterocycles. The summed E-state index contributed by atoms with van der Waals surface area (Å²) in [6.45, 7) is 1.14. The van der Waals surface area contributed by atoms with Crippen LogP contribution in [0.4, 0.5) is 5.13 Å². The summed E-state index contributed by atoms with van der Waals surface area (Å²) in [5, 5.41) is 1.29. The van der Waals surface area contributed by atoms with E-state index in [9.17, 15) is 4.79 Å². The third-order valence-corrected chi connectivity index (χ3v) is 6.53. The Labute approximate surface area is 199 Å². The number of carbonyl (C=O) groups excluding carboxylic acids is 1. The molecular formula is C22H20Cl2N4O3S. The Morgan fingerprint density at radius 2 is 1.94 bits per heavy atom. The minimum Gasteiger partial charge on any atom is -0.495 e. The lowest BCUT2D eigenvalue weighted by Crippen LogP contribution is -2.32. The number of fused-ring (bicyclic) bond motifs is 1. The lowest BCUT2D eigenvalue weighted by molar-refractivity contribution is 0.0986. The van der Waals surface area contributed by atoms with Gasteiger partial charge in [0.2, 0.25) is 0 Å². The van der Waals surface area contributed by atoms with Crippen molar-refractivity contribution in [3.63, 3.8) is 0 Å². The van der Waals surface area contributed by atoms with E-state index in [0.717, 1.165) is 4.70 Å². The van der Waals surface area contributed by atoms with Gasteiger partial charge >= 0.3 is 0 Å². The predicted molar refractivity (Wildman–Crippen MR) is 128 cm³/mol. The number of carbonyl (C=O) groups is 1. The fourth-order valence-electron chi connectivity index (χ4n) is 3.31. The van der Waals surface area contributed by atoms with Crippen LogP contribution in [0.2, 0.25) is 10.0 Å². The van der Waals surface area contributed by atoms with Crippen LogP contribution in [0.15, 0.2) is 49.1 Å². The highest BCUT2D eigenvalue weighted by Crippen LogP contribution is 2.40. The van der Waals surface area contributed by atoms with Crippen LogP contribution in [0.1, 0.15) is 16.8 Å². The molecule has 1 amide bonds. The molecule has 0 bridgehead atoms. The van der Waals surface area contributed by atoms with E-state index in [0.29, 0.717) is 57.3 Å². The van der Waals surface area contributed by atoms with E-state index in [-0.39, 0.29) is 5.91 Å². The normalized spacial score (nSPS) is 11.0. The Morgan fingerprint density at radius 3 is 2.62 bits per heavy atom. The molecule has 32 heavy (non-hydrogen) atoms. The number of imidazole rings is 1. The van der Waals surface area contributed by atoms with Gasteiger partial charge in [-0.25, -0.2) is 9.97 Å². The summed E-state index contributed by atoms with van der Waals surface area (Å²) in [4.78, 5) is 24.0. The van der Waals surface area contributed by atoms with E-state index in [2.05, 4.69) is 4.98 Å². The van der Waals surface area contributed by atoms with E-state index >= 15 is 0 Å². The molecule has 166 valence electrons. The lowest BCUT2D eigenvalue weighted by Gasteiger charge is -2.20. The molecule has 2 aromatic carbocycles. The van der Waals surface area contributed by atoms with Gasteiger partial charge in [-0.1, -0.05) is 34.5 Å². The minimum atomic E-state index is -0.255. The topological polar surface area (TPSA) is 69.5 Å². The maximum absolute atomic E-state index is 13.5. The van der Waals surface area contributed by atoms with Crippen LogP contribution in [0.5, 0.6) is 11.5 Å². The zero-order valence-electron chi connectivity index (χ0n) is 17.4. The molecule has 4 aromatic rings. The SMILES string of the molecule is COc1ccc(OC)c2sc(N(CCCn3ccnc3)C(=O)c3ccc(Cl)cc3Cl)nc12. The fourth-order valence-corrected chi connectivity index (χ4v) is 4.90. The molecule has 0 unspecified atom stereocenters. The monoisotopic (exact) mass is 490 g/mol. The first-order chi connectivity index (χ1) is 15.5. The molecule has 0 aliphatic carbocycles. The molecule has 0 aliphatic rings. The summed E-state index contributed by atoms with van der Waals surface area (Å²) in [5.41, 5.74) is 0.998. The number of rotatable bonds is 8. The molecule has 4 rings (SSSR count). The maximum Gasteiger partial charge on any atom is 0.261 e. The highest BCUT2D eigenvalue weighted by atomic mass is 35.5. The number of aromatic nitrogens is 3. The van der Waals surface area contributed by atoms with Gasteiger partial charge in [0.15, 0.2) is 5.13 Å². The van der Waals surface area contributed by atoms with Gasteiger partial charge in [-0.3, -0.25) is 9.69 Å². The van der Waals surface area contributed by atoms with Gasteiger partial charge in [0.05, 0.1) is 31.1 Å². The van der Waals surface area contributed by atoms with Crippen LogP contribution in [0, 0.1) is 0 Å². The van der Waals surface area contributed by atoms with Crippen LogP contribution in [0.25, 0.3) is 10.2 Å². The first-order valence-electron chi connectivity index (χ1n) is 9.76. The van der Waals surface area contributed by atoms with Crippen LogP contribution in [-0.4, -0.2) is 41.2 Å². The first-order valence-corrected chi connectivity index (χ1v) is 11.3. The van der Waals surface area contributed by atoms with E-state index in [4.69, 9.17) is 37.7 Å². The quantitative estimate of drug-likeness (QED) is 0.323. The average molecular weight is 491 g/mol. The van der Waals surface area contributed by atoms with Gasteiger partial charge in [0.25, 0.3) is 5.91 Å². The van der Waals surface area contributed by atoms with Crippen LogP contribution >= 0.6 is 34.5 Å². The van der Waals surface area contributed by atoms with E-state index < -0.39 is 0 Å². The van der Waals surface area contributed by atoms with Crippen molar-refractivity contribution in [2.75, 3.05) is 25.7 Å². The molecule has 0 saturated carbocycles. The Bertz CT molecular complexity index is 1200. The standard InChI is InChI=1S/C22H20Cl2N4O3S/c1-30-17-6-7-18(31-2)20-19(17)26-22(32-20)28(10-3-9-27-11-8-25-13-27)21(29)15-5-4-14(23)12-16(15)24/h4-8,11-13H,3,9-10H2,1-2H3. The summed E-state index contributed by atoms with van der Waals surface area (Å²) in [6, 6.07) is 8.46. The van der Waals surface area contributed by atoms with Crippen molar-refractivity contribution >= 4 is 55.8 Å². The molecule has 0 aliphatic heterocycles. The van der Waals surface area contributed by atoms with Crippen molar-refractivity contribution in [1.29, 1.82) is 0 Å². The summed E-state index contributed by atoms with van der Waals surface area (Å²) >= 11 is 13.7. The zero-order chi connectivity index (χ0) is 22.7. The van der Waals surface area contributed by atoms with Crippen LogP contribution in [-0.2, 0) is 6.54 Å². The van der Waals surface area contributed by atoms with Crippen molar-refractivity contribution in [3.05, 3.63) is 64.7 Å². The average Bonchev–Trinajstić information content (AvgIpc) is 3.45. The number of ether oxygens (including phenoxy) is 2. The number of halogens is 2. The second-order valence-corrected chi connectivity index (χ2v) is 8.70. The summed E-state index contributed by atoms with van der Waals surface area (Å²) in [6.07, 6.45) is 6.05. The number of thiazole rings is 1. The Hall–Kier alpha value is -2.81. The number of anilines is 1. The van der Waals surface area contributed by atoms with Gasteiger partial charge in [-0.2, -0.15) is 0 Å². The number of hydrogen-bond donors (Lipinski definition) is 0. The van der Waals surface area contributed by atoms with Crippen molar-refractivity contribution in [3.8, 4) is 11.5 Å². The second kappa shape index (κ2) is 9.77. The molecule has 7 nitrogen and oxygen atoms in total. The van der Waals surface area contributed by atoms with Crippen molar-refractivity contribution in [1.82, 2.24) is 14.5 Å². The molecule has 2 heterocycles. The number of nitrogens with zero attached hydrogens (tertiary/aromatic N) is 4. The predicted octanol–water partition coefficient (Wildman–Crippen LogP) is 5.55. The maximum atomic E-state index is 13.5. The fraction of sp³-hybridized carbons (Fsp3) is 0.227. The number of hydrogen-bond acceptors (Lipinski definition) is 6. The van der Waals surface area contributed by atoms with Gasteiger partial charge < -0.3 is 14.0 Å². The van der Waals surface area contributed by atoms with Crippen LogP contribution in [0.3, 0.4) is 0 Å². The van der Waals surface area contributed by atoms with Crippen LogP contribution < -0.4 is 14.4 Å². The largest absolute Gasteiger partial charge is 0.495 e. The molecule has 10 heteroatoms. The second-order valence-electron chi connectivity index (χ2n) is 6.88. The molecule has 0 fully saturated rings. The smallest absolute Gasteiger partial charge is 0.261 e. The lowest BCUT2D eigenvalue weighted by atomic mass is 10.2. The van der Waals surface area contributed by atoms with Crippen molar-refractivity contribution in [2.45, 2.75) is 13.0 Å². The molecule has 0 atom stereocenters. The number of methoxy groups -OCH3 is 2. The van der Waals surface area contributed by atoms with E-state index in [1.54, 1.807) is 55.9 Å². The third-order valence-electron chi connectivity index (χ3n) is 4.89. The Balaban J connectivity index is 1.73. The van der Waals surface area contributed by atoms with Gasteiger partial charge in [0.1, 0.15) is 21.7 Å². The van der Waals surface area contributed by atoms with E-state index in [1.807, 2.05) is 16.8 Å².